The predicted molar refractivity (Wildman–Crippen MR) is 72.1 cm³/mol. The number of benzene rings is 1. The molecule has 0 saturated carbocycles. The topological polar surface area (TPSA) is 43.9 Å². The summed E-state index contributed by atoms with van der Waals surface area (Å²) in [5.41, 5.74) is 1.38. The van der Waals surface area contributed by atoms with E-state index in [9.17, 15) is 5.21 Å². The second-order valence-electron chi connectivity index (χ2n) is 5.15. The molecular weight excluding hydrogens is 226 g/mol. The van der Waals surface area contributed by atoms with E-state index in [-0.39, 0.29) is 0 Å². The van der Waals surface area contributed by atoms with Gasteiger partial charge in [-0.3, -0.25) is 0 Å². The van der Waals surface area contributed by atoms with Crippen molar-refractivity contribution in [1.29, 1.82) is 0 Å². The van der Waals surface area contributed by atoms with Crippen LogP contribution in [0.3, 0.4) is 0 Å². The van der Waals surface area contributed by atoms with E-state index in [2.05, 4.69) is 4.98 Å². The maximum atomic E-state index is 12.0. The molecular formula is C14H17N3O. The highest BCUT2D eigenvalue weighted by Crippen LogP contribution is 2.13. The first kappa shape index (κ1) is 12.4. The summed E-state index contributed by atoms with van der Waals surface area (Å²) in [6.07, 6.45) is 6.92. The number of para-hydroxylation sites is 1. The number of hydrogen-bond acceptors (Lipinski definition) is 2. The van der Waals surface area contributed by atoms with E-state index in [1.54, 1.807) is 18.7 Å². The third kappa shape index (κ3) is 2.59. The molecule has 0 aliphatic rings. The molecule has 0 atom stereocenters. The Hall–Kier alpha value is -2.10. The zero-order valence-electron chi connectivity index (χ0n) is 10.9. The molecule has 1 aromatic heterocycles. The highest BCUT2D eigenvalue weighted by Gasteiger charge is 2.18. The summed E-state index contributed by atoms with van der Waals surface area (Å²) in [6, 6.07) is 7.75. The van der Waals surface area contributed by atoms with Crippen LogP contribution in [0.1, 0.15) is 26.3 Å². The normalized spacial score (nSPS) is 12.7. The first-order valence-corrected chi connectivity index (χ1v) is 5.87. The molecule has 0 aliphatic carbocycles. The molecule has 1 aromatic carbocycles. The average Bonchev–Trinajstić information content (AvgIpc) is 2.82. The molecule has 0 spiro atoms. The second kappa shape index (κ2) is 4.64. The third-order valence-electron chi connectivity index (χ3n) is 2.64. The van der Waals surface area contributed by atoms with Crippen LogP contribution in [0.25, 0.3) is 5.69 Å². The van der Waals surface area contributed by atoms with Crippen molar-refractivity contribution in [2.75, 3.05) is 0 Å². The quantitative estimate of drug-likeness (QED) is 0.352. The molecule has 4 heteroatoms. The van der Waals surface area contributed by atoms with Gasteiger partial charge in [-0.05, 0) is 12.1 Å². The number of rotatable bonds is 2. The minimum Gasteiger partial charge on any atom is -0.623 e. The van der Waals surface area contributed by atoms with E-state index in [4.69, 9.17) is 0 Å². The van der Waals surface area contributed by atoms with Gasteiger partial charge >= 0.3 is 0 Å². The van der Waals surface area contributed by atoms with Gasteiger partial charge in [0.05, 0.1) is 17.6 Å². The van der Waals surface area contributed by atoms with Gasteiger partial charge in [0.25, 0.3) is 0 Å². The van der Waals surface area contributed by atoms with Crippen molar-refractivity contribution >= 4 is 6.21 Å². The fourth-order valence-corrected chi connectivity index (χ4v) is 1.55. The van der Waals surface area contributed by atoms with Gasteiger partial charge in [0, 0.05) is 33.2 Å². The molecule has 2 aromatic rings. The average molecular weight is 243 g/mol. The first-order valence-electron chi connectivity index (χ1n) is 5.87. The zero-order chi connectivity index (χ0) is 13.2. The molecule has 1 heterocycles. The number of imidazole rings is 1. The van der Waals surface area contributed by atoms with Crippen LogP contribution in [0.15, 0.2) is 43.0 Å². The standard InChI is InChI=1S/C14H17N3O/c1-14(2,3)17(18)10-12-6-4-5-7-13(12)16-9-8-15-11-16/h4-11H,1-3H3. The van der Waals surface area contributed by atoms with Crippen molar-refractivity contribution in [2.45, 2.75) is 26.3 Å². The SMILES string of the molecule is CC(C)(C)[N+]([O-])=Cc1ccccc1-n1ccnc1. The first-order chi connectivity index (χ1) is 8.48. The van der Waals surface area contributed by atoms with Gasteiger partial charge in [-0.1, -0.05) is 12.1 Å². The lowest BCUT2D eigenvalue weighted by atomic mass is 10.1. The van der Waals surface area contributed by atoms with Crippen molar-refractivity contribution in [3.05, 3.63) is 53.8 Å². The fourth-order valence-electron chi connectivity index (χ4n) is 1.55. The Morgan fingerprint density at radius 3 is 2.61 bits per heavy atom. The van der Waals surface area contributed by atoms with Crippen molar-refractivity contribution < 1.29 is 4.74 Å². The van der Waals surface area contributed by atoms with Gasteiger partial charge in [0.15, 0.2) is 11.8 Å². The number of aromatic nitrogens is 2. The second-order valence-corrected chi connectivity index (χ2v) is 5.15. The molecule has 0 unspecified atom stereocenters. The highest BCUT2D eigenvalue weighted by molar-refractivity contribution is 5.81. The monoisotopic (exact) mass is 243 g/mol. The largest absolute Gasteiger partial charge is 0.623 e. The Kier molecular flexibility index (Phi) is 3.19. The lowest BCUT2D eigenvalue weighted by Gasteiger charge is -2.19. The fraction of sp³-hybridized carbons (Fsp3) is 0.286. The van der Waals surface area contributed by atoms with Crippen LogP contribution in [-0.4, -0.2) is 26.0 Å². The molecule has 0 aliphatic heterocycles. The Morgan fingerprint density at radius 1 is 1.28 bits per heavy atom. The van der Waals surface area contributed by atoms with Gasteiger partial charge in [0.1, 0.15) is 0 Å². The zero-order valence-corrected chi connectivity index (χ0v) is 10.9. The molecule has 0 amide bonds. The van der Waals surface area contributed by atoms with Crippen molar-refractivity contribution in [3.8, 4) is 5.69 Å². The summed E-state index contributed by atoms with van der Waals surface area (Å²) in [5, 5.41) is 12.0. The van der Waals surface area contributed by atoms with E-state index >= 15 is 0 Å². The minimum atomic E-state index is -0.442. The van der Waals surface area contributed by atoms with Gasteiger partial charge in [0.2, 0.25) is 0 Å². The van der Waals surface area contributed by atoms with E-state index in [1.807, 2.05) is 55.8 Å². The molecule has 18 heavy (non-hydrogen) atoms. The van der Waals surface area contributed by atoms with Crippen LogP contribution in [0.4, 0.5) is 0 Å². The Balaban J connectivity index is 2.47. The molecule has 0 radical (unpaired) electrons. The molecule has 0 fully saturated rings. The van der Waals surface area contributed by atoms with Gasteiger partial charge in [-0.25, -0.2) is 9.72 Å². The van der Waals surface area contributed by atoms with Gasteiger partial charge in [-0.2, -0.15) is 0 Å². The number of hydroxylamine groups is 1. The maximum Gasteiger partial charge on any atom is 0.184 e. The number of nitrogens with zero attached hydrogens (tertiary/aromatic N) is 3. The van der Waals surface area contributed by atoms with E-state index in [1.165, 1.54) is 0 Å². The molecule has 94 valence electrons. The smallest absolute Gasteiger partial charge is 0.184 e. The van der Waals surface area contributed by atoms with Crippen molar-refractivity contribution in [1.82, 2.24) is 9.55 Å². The van der Waals surface area contributed by atoms with Crippen molar-refractivity contribution in [3.63, 3.8) is 0 Å². The predicted octanol–water partition coefficient (Wildman–Crippen LogP) is 2.60. The summed E-state index contributed by atoms with van der Waals surface area (Å²) >= 11 is 0. The molecule has 2 rings (SSSR count). The number of hydrogen-bond donors (Lipinski definition) is 0. The van der Waals surface area contributed by atoms with Crippen LogP contribution in [0.5, 0.6) is 0 Å². The van der Waals surface area contributed by atoms with E-state index in [0.717, 1.165) is 16.0 Å². The van der Waals surface area contributed by atoms with Gasteiger partial charge in [-0.15, -0.1) is 0 Å². The Labute approximate surface area is 107 Å². The molecule has 0 saturated heterocycles. The van der Waals surface area contributed by atoms with Crippen LogP contribution >= 0.6 is 0 Å². The van der Waals surface area contributed by atoms with Crippen LogP contribution in [-0.2, 0) is 0 Å². The van der Waals surface area contributed by atoms with Crippen LogP contribution < -0.4 is 0 Å². The third-order valence-corrected chi connectivity index (χ3v) is 2.64. The lowest BCUT2D eigenvalue weighted by Crippen LogP contribution is -2.29. The summed E-state index contributed by atoms with van der Waals surface area (Å²) in [5.74, 6) is 0. The Morgan fingerprint density at radius 2 is 2.00 bits per heavy atom. The summed E-state index contributed by atoms with van der Waals surface area (Å²) in [7, 11) is 0. The summed E-state index contributed by atoms with van der Waals surface area (Å²) in [6.45, 7) is 5.66. The van der Waals surface area contributed by atoms with Crippen LogP contribution in [0, 0.1) is 5.21 Å². The molecule has 0 bridgehead atoms. The van der Waals surface area contributed by atoms with Crippen molar-refractivity contribution in [2.24, 2.45) is 0 Å². The maximum absolute atomic E-state index is 12.0. The van der Waals surface area contributed by atoms with E-state index < -0.39 is 5.54 Å². The molecule has 4 nitrogen and oxygen atoms in total. The summed E-state index contributed by atoms with van der Waals surface area (Å²) in [4.78, 5) is 4.02. The highest BCUT2D eigenvalue weighted by atomic mass is 16.5. The van der Waals surface area contributed by atoms with E-state index in [0.29, 0.717) is 0 Å². The summed E-state index contributed by atoms with van der Waals surface area (Å²) < 4.78 is 2.87. The van der Waals surface area contributed by atoms with Crippen LogP contribution in [0.2, 0.25) is 0 Å². The van der Waals surface area contributed by atoms with Gasteiger partial charge < -0.3 is 9.77 Å². The lowest BCUT2D eigenvalue weighted by molar-refractivity contribution is -0.530. The Bertz CT molecular complexity index is 551. The minimum absolute atomic E-state index is 0.442. The molecule has 0 N–H and O–H groups in total.